The molecule has 0 aromatic carbocycles. The molecule has 16 aliphatic rings. The SMILES string of the molecule is C.C.C.CC1(C)CCC(C)(C)CC1.CC1(C)CCCCC1.CC1C(C)(C)CC(C)(C)CC1(C)C.CC1CC(C)(C)C1.CC1CC(C)(C)CC(C)(C)C1.CC1CC1.CC1CCC(C)(C)CC1.CC1CCC1.CC1CCC2(CC1)CC(C)(C)CC(C)(C)C2.CC1CCC2(CC1)CCC(C)(C)CC2.CC1CCC2(CCCCC2)CC1.CC1CCCC1.CC1CCCCC1. The van der Waals surface area contributed by atoms with E-state index < -0.39 is 0 Å². The van der Waals surface area contributed by atoms with E-state index in [9.17, 15) is 0 Å². The van der Waals surface area contributed by atoms with E-state index in [1.807, 2.05) is 0 Å². The molecular weight excluding hydrogens is 1500 g/mol. The Morgan fingerprint density at radius 2 is 0.352 bits per heavy atom. The molecule has 750 valence electrons. The summed E-state index contributed by atoms with van der Waals surface area (Å²) in [6.07, 6.45) is 85.6. The van der Waals surface area contributed by atoms with E-state index in [-0.39, 0.29) is 22.3 Å². The van der Waals surface area contributed by atoms with E-state index in [2.05, 4.69) is 256 Å². The smallest absolute Gasteiger partial charge is 0.0287 e. The van der Waals surface area contributed by atoms with Crippen LogP contribution in [0.1, 0.15) is 651 Å². The van der Waals surface area contributed by atoms with E-state index in [0.717, 1.165) is 75.9 Å². The molecule has 125 heavy (non-hydrogen) atoms. The van der Waals surface area contributed by atoms with Gasteiger partial charge in [-0.15, -0.1) is 0 Å². The molecule has 16 aliphatic carbocycles. The van der Waals surface area contributed by atoms with Crippen molar-refractivity contribution in [2.75, 3.05) is 0 Å². The Bertz CT molecular complexity index is 2590. The van der Waals surface area contributed by atoms with Gasteiger partial charge in [0.15, 0.2) is 0 Å². The molecule has 16 saturated carbocycles. The molecule has 0 saturated heterocycles. The Balaban J connectivity index is 0.000000685. The largest absolute Gasteiger partial charge is 0.0776 e. The van der Waals surface area contributed by atoms with E-state index in [1.165, 1.54) is 347 Å². The van der Waals surface area contributed by atoms with Crippen molar-refractivity contribution in [3.63, 3.8) is 0 Å². The van der Waals surface area contributed by atoms with Crippen LogP contribution >= 0.6 is 0 Å². The first-order valence-electron chi connectivity index (χ1n) is 55.8. The molecule has 0 aromatic rings. The van der Waals surface area contributed by atoms with Crippen LogP contribution < -0.4 is 0 Å². The summed E-state index contributed by atoms with van der Waals surface area (Å²) in [6, 6.07) is 0. The minimum atomic E-state index is 0. The summed E-state index contributed by atoms with van der Waals surface area (Å²) < 4.78 is 0. The third-order valence-corrected chi connectivity index (χ3v) is 36.6. The molecule has 16 fully saturated rings. The van der Waals surface area contributed by atoms with Gasteiger partial charge in [-0.2, -0.15) is 0 Å². The molecule has 3 spiro atoms. The second kappa shape index (κ2) is 53.6. The van der Waals surface area contributed by atoms with Gasteiger partial charge in [0, 0.05) is 0 Å². The van der Waals surface area contributed by atoms with Crippen LogP contribution in [0.15, 0.2) is 0 Å². The third kappa shape index (κ3) is 52.2. The summed E-state index contributed by atoms with van der Waals surface area (Å²) in [5.41, 5.74) is 10.1. The molecule has 0 aliphatic heterocycles. The van der Waals surface area contributed by atoms with Crippen LogP contribution in [-0.2, 0) is 0 Å². The van der Waals surface area contributed by atoms with Gasteiger partial charge < -0.3 is 0 Å². The molecule has 0 bridgehead atoms. The standard InChI is InChI=1S/C16H30.C14H26.C13H26.C12H22.C11H22.C10H20.C9H18.C8H16.2C7H14.C6H12.C5H10.C4H8.3CH4/c1-13-6-8-16(9-7-13)11-14(2,3)10-15(4,5)12-16;1-12-4-6-14(7-5-12)10-8-13(2,3)9-11-14;1-10-12(4,5)8-11(2,3)9-13(10,6)7;1-11-5-9-12(10-6-11)7-3-2-4-8-12;1-9-6-10(2,3)8-11(4,5)7-9;1-9(2)5-7-10(3,4)8-6-9;1-8-4-6-9(2,3)7-5-8;1-8(2)6-4-3-5-7-8;1-6-4-7(2,3)5-6;1-7-5-3-2-4-6-7;1-6-4-2-3-5-6;1-5-3-2-4-5;1-4-2-3-4;;;/h13H,6-12H2,1-5H3;12H,4-11H2,1-3H3;10H,8-9H2,1-7H3;11H,2-10H2,1H3;9H,6-8H2,1-5H3;5-8H2,1-4H3;8H,4-7H2,1-3H3;3-7H2,1-2H3;6H,4-5H2,1-3H3;7H,2-6H2,1H3;6H,2-5H2,1H3;5H,2-4H2,1H3;4H,2-3H2,1H3;3*1H4. The van der Waals surface area contributed by atoms with Crippen LogP contribution in [-0.4, -0.2) is 0 Å². The normalized spacial score (nSPS) is 29.1. The van der Waals surface area contributed by atoms with Gasteiger partial charge >= 0.3 is 0 Å². The van der Waals surface area contributed by atoms with Gasteiger partial charge in [-0.1, -0.05) is 458 Å². The van der Waals surface area contributed by atoms with Gasteiger partial charge in [0.2, 0.25) is 0 Å². The van der Waals surface area contributed by atoms with Gasteiger partial charge in [0.05, 0.1) is 0 Å². The maximum Gasteiger partial charge on any atom is -0.0287 e. The molecule has 0 unspecified atom stereocenters. The number of hydrogen-bond donors (Lipinski definition) is 0. The summed E-state index contributed by atoms with van der Waals surface area (Å²) in [6.45, 7) is 88.9. The van der Waals surface area contributed by atoms with E-state index >= 15 is 0 Å². The first-order valence-corrected chi connectivity index (χ1v) is 55.8. The van der Waals surface area contributed by atoms with Crippen molar-refractivity contribution < 1.29 is 0 Å². The lowest BCUT2D eigenvalue weighted by Crippen LogP contribution is -2.45. The minimum Gasteiger partial charge on any atom is -0.0776 e. The van der Waals surface area contributed by atoms with Crippen molar-refractivity contribution in [1.82, 2.24) is 0 Å². The topological polar surface area (TPSA) is 0 Å². The summed E-state index contributed by atoms with van der Waals surface area (Å²) in [5.74, 6) is 11.0. The summed E-state index contributed by atoms with van der Waals surface area (Å²) in [7, 11) is 0. The van der Waals surface area contributed by atoms with Crippen molar-refractivity contribution in [1.29, 1.82) is 0 Å². The third-order valence-electron chi connectivity index (χ3n) is 36.6. The molecule has 0 N–H and O–H groups in total. The molecular formula is C125H250. The van der Waals surface area contributed by atoms with Crippen LogP contribution in [0.25, 0.3) is 0 Å². The van der Waals surface area contributed by atoms with Crippen molar-refractivity contribution in [2.45, 2.75) is 651 Å². The summed E-state index contributed by atoms with van der Waals surface area (Å²) in [4.78, 5) is 0. The highest BCUT2D eigenvalue weighted by molar-refractivity contribution is 5.01. The Kier molecular flexibility index (Phi) is 52.8. The molecule has 0 heterocycles. The number of hydrogen-bond acceptors (Lipinski definition) is 0. The van der Waals surface area contributed by atoms with Crippen LogP contribution in [0, 0.1) is 152 Å². The zero-order valence-corrected chi connectivity index (χ0v) is 92.4. The predicted molar refractivity (Wildman–Crippen MR) is 575 cm³/mol. The average molecular weight is 1750 g/mol. The molecule has 16 rings (SSSR count). The highest BCUT2D eigenvalue weighted by Crippen LogP contribution is 2.61. The van der Waals surface area contributed by atoms with Gasteiger partial charge in [0.25, 0.3) is 0 Å². The van der Waals surface area contributed by atoms with Crippen LogP contribution in [0.2, 0.25) is 0 Å². The Hall–Kier alpha value is 0. The fourth-order valence-electron chi connectivity index (χ4n) is 28.7. The predicted octanol–water partition coefficient (Wildman–Crippen LogP) is 44.9. The number of rotatable bonds is 0. The highest BCUT2D eigenvalue weighted by Gasteiger charge is 2.50. The van der Waals surface area contributed by atoms with Crippen LogP contribution in [0.3, 0.4) is 0 Å². The lowest BCUT2D eigenvalue weighted by molar-refractivity contribution is -0.0423. The zero-order valence-electron chi connectivity index (χ0n) is 92.4. The van der Waals surface area contributed by atoms with Gasteiger partial charge in [-0.3, -0.25) is 0 Å². The van der Waals surface area contributed by atoms with Crippen LogP contribution in [0.5, 0.6) is 0 Å². The fraction of sp³-hybridized carbons (Fsp3) is 1.00. The first kappa shape index (κ1) is 123. The van der Waals surface area contributed by atoms with Gasteiger partial charge in [-0.25, -0.2) is 0 Å². The average Bonchev–Trinajstić information content (AvgIpc) is 1.70. The molecule has 0 amide bonds. The fourth-order valence-corrected chi connectivity index (χ4v) is 28.7. The second-order valence-electron chi connectivity index (χ2n) is 59.8. The van der Waals surface area contributed by atoms with Crippen LogP contribution in [0.4, 0.5) is 0 Å². The monoisotopic (exact) mass is 1750 g/mol. The molecule has 0 nitrogen and oxygen atoms in total. The molecule has 0 aromatic heterocycles. The van der Waals surface area contributed by atoms with Gasteiger partial charge in [-0.05, 0) is 344 Å². The van der Waals surface area contributed by atoms with Crippen molar-refractivity contribution in [3.05, 3.63) is 0 Å². The lowest BCUT2D eigenvalue weighted by Gasteiger charge is -2.54. The molecule has 0 heteroatoms. The Morgan fingerprint density at radius 1 is 0.136 bits per heavy atom. The summed E-state index contributed by atoms with van der Waals surface area (Å²) >= 11 is 0. The zero-order chi connectivity index (χ0) is 92.4. The van der Waals surface area contributed by atoms with E-state index in [0.29, 0.717) is 75.8 Å². The highest BCUT2D eigenvalue weighted by atomic mass is 14.6. The van der Waals surface area contributed by atoms with E-state index in [1.54, 1.807) is 25.7 Å². The Labute approximate surface area is 797 Å². The maximum absolute atomic E-state index is 2.49. The maximum atomic E-state index is 2.49. The molecule has 0 atom stereocenters. The van der Waals surface area contributed by atoms with Crippen molar-refractivity contribution >= 4 is 0 Å². The quantitative estimate of drug-likeness (QED) is 0.227. The second-order valence-corrected chi connectivity index (χ2v) is 59.8. The minimum absolute atomic E-state index is 0. The van der Waals surface area contributed by atoms with Crippen molar-refractivity contribution in [3.8, 4) is 0 Å². The Morgan fingerprint density at radius 3 is 0.584 bits per heavy atom. The van der Waals surface area contributed by atoms with Crippen molar-refractivity contribution in [2.24, 2.45) is 152 Å². The summed E-state index contributed by atoms with van der Waals surface area (Å²) in [5, 5.41) is 0. The van der Waals surface area contributed by atoms with E-state index in [4.69, 9.17) is 0 Å². The molecule has 0 radical (unpaired) electrons. The lowest BCUT2D eigenvalue weighted by atomic mass is 9.51. The van der Waals surface area contributed by atoms with Gasteiger partial charge in [0.1, 0.15) is 0 Å². The first-order chi connectivity index (χ1) is 55.8.